The minimum absolute atomic E-state index is 0.238. The van der Waals surface area contributed by atoms with Crippen molar-refractivity contribution in [3.63, 3.8) is 0 Å². The number of nitriles is 1. The Kier molecular flexibility index (Phi) is 3.42. The maximum atomic E-state index is 11.3. The number of aliphatic hydroxyl groups excluding tert-OH is 1. The molecule has 0 bridgehead atoms. The minimum atomic E-state index is -0.546. The molecule has 0 saturated heterocycles. The fourth-order valence-electron chi connectivity index (χ4n) is 1.39. The molecule has 0 atom stereocenters. The van der Waals surface area contributed by atoms with Crippen LogP contribution in [0.25, 0.3) is 0 Å². The Labute approximate surface area is 87.7 Å². The third-order valence-electron chi connectivity index (χ3n) is 2.20. The lowest BCUT2D eigenvalue weighted by molar-refractivity contribution is 0.0597. The summed E-state index contributed by atoms with van der Waals surface area (Å²) in [4.78, 5) is 11.3. The largest absolute Gasteiger partial charge is 0.465 e. The van der Waals surface area contributed by atoms with Gasteiger partial charge >= 0.3 is 5.97 Å². The highest BCUT2D eigenvalue weighted by Crippen LogP contribution is 2.19. The van der Waals surface area contributed by atoms with E-state index in [9.17, 15) is 4.79 Å². The maximum Gasteiger partial charge on any atom is 0.338 e. The van der Waals surface area contributed by atoms with Crippen LogP contribution in [0.3, 0.4) is 0 Å². The summed E-state index contributed by atoms with van der Waals surface area (Å²) >= 11 is 0. The Morgan fingerprint density at radius 1 is 1.60 bits per heavy atom. The van der Waals surface area contributed by atoms with Gasteiger partial charge in [0.1, 0.15) is 0 Å². The number of esters is 1. The van der Waals surface area contributed by atoms with Gasteiger partial charge in [-0.2, -0.15) is 5.26 Å². The molecule has 1 aromatic rings. The Hall–Kier alpha value is -1.86. The molecule has 1 N–H and O–H groups in total. The number of carbonyl (C=O) groups is 1. The Morgan fingerprint density at radius 2 is 2.27 bits per heavy atom. The predicted octanol–water partition coefficient (Wildman–Crippen LogP) is 1.15. The molecular formula is C11H11NO3. The second kappa shape index (κ2) is 4.58. The standard InChI is InChI=1S/C11H11NO3/c1-7-3-4-8(11(14)15-2)10(6-13)9(7)5-12/h3-4,13H,6H2,1-2H3. The molecule has 1 rings (SSSR count). The number of hydrogen-bond acceptors (Lipinski definition) is 4. The highest BCUT2D eigenvalue weighted by atomic mass is 16.5. The zero-order chi connectivity index (χ0) is 11.4. The predicted molar refractivity (Wildman–Crippen MR) is 53.2 cm³/mol. The summed E-state index contributed by atoms with van der Waals surface area (Å²) < 4.78 is 4.56. The van der Waals surface area contributed by atoms with Crippen LogP contribution < -0.4 is 0 Å². The van der Waals surface area contributed by atoms with Gasteiger partial charge in [0.25, 0.3) is 0 Å². The second-order valence-corrected chi connectivity index (χ2v) is 3.05. The highest BCUT2D eigenvalue weighted by Gasteiger charge is 2.16. The highest BCUT2D eigenvalue weighted by molar-refractivity contribution is 5.91. The van der Waals surface area contributed by atoms with Gasteiger partial charge < -0.3 is 9.84 Å². The van der Waals surface area contributed by atoms with E-state index >= 15 is 0 Å². The summed E-state index contributed by atoms with van der Waals surface area (Å²) in [5.41, 5.74) is 1.63. The van der Waals surface area contributed by atoms with Gasteiger partial charge in [0.05, 0.1) is 30.9 Å². The van der Waals surface area contributed by atoms with E-state index in [1.54, 1.807) is 19.1 Å². The topological polar surface area (TPSA) is 70.3 Å². The van der Waals surface area contributed by atoms with E-state index in [2.05, 4.69) is 4.74 Å². The lowest BCUT2D eigenvalue weighted by Gasteiger charge is -2.09. The average molecular weight is 205 g/mol. The Balaban J connectivity index is 3.43. The van der Waals surface area contributed by atoms with Gasteiger partial charge in [0.15, 0.2) is 0 Å². The summed E-state index contributed by atoms with van der Waals surface area (Å²) in [5.74, 6) is -0.546. The molecule has 0 unspecified atom stereocenters. The van der Waals surface area contributed by atoms with Crippen LogP contribution in [-0.2, 0) is 11.3 Å². The van der Waals surface area contributed by atoms with Gasteiger partial charge in [-0.3, -0.25) is 0 Å². The quantitative estimate of drug-likeness (QED) is 0.735. The van der Waals surface area contributed by atoms with Crippen molar-refractivity contribution in [2.24, 2.45) is 0 Å². The number of carbonyl (C=O) groups excluding carboxylic acids is 1. The number of hydrogen-bond donors (Lipinski definition) is 1. The van der Waals surface area contributed by atoms with Crippen molar-refractivity contribution in [2.75, 3.05) is 7.11 Å². The second-order valence-electron chi connectivity index (χ2n) is 3.05. The Morgan fingerprint density at radius 3 is 2.73 bits per heavy atom. The minimum Gasteiger partial charge on any atom is -0.465 e. The Bertz CT molecular complexity index is 432. The van der Waals surface area contributed by atoms with Gasteiger partial charge in [-0.05, 0) is 18.6 Å². The first-order valence-electron chi connectivity index (χ1n) is 4.37. The number of ether oxygens (including phenoxy) is 1. The molecule has 78 valence electrons. The smallest absolute Gasteiger partial charge is 0.338 e. The fraction of sp³-hybridized carbons (Fsp3) is 0.273. The lowest BCUT2D eigenvalue weighted by Crippen LogP contribution is -2.08. The zero-order valence-electron chi connectivity index (χ0n) is 8.57. The number of aryl methyl sites for hydroxylation is 1. The SMILES string of the molecule is COC(=O)c1ccc(C)c(C#N)c1CO. The van der Waals surface area contributed by atoms with Crippen LogP contribution in [0.2, 0.25) is 0 Å². The van der Waals surface area contributed by atoms with Crippen LogP contribution in [0.4, 0.5) is 0 Å². The van der Waals surface area contributed by atoms with Crippen LogP contribution in [-0.4, -0.2) is 18.2 Å². The van der Waals surface area contributed by atoms with E-state index < -0.39 is 5.97 Å². The number of methoxy groups -OCH3 is 1. The average Bonchev–Trinajstić information content (AvgIpc) is 2.27. The van der Waals surface area contributed by atoms with Crippen LogP contribution in [0.15, 0.2) is 12.1 Å². The number of nitrogens with zero attached hydrogens (tertiary/aromatic N) is 1. The van der Waals surface area contributed by atoms with Crippen molar-refractivity contribution in [2.45, 2.75) is 13.5 Å². The number of aliphatic hydroxyl groups is 1. The fourth-order valence-corrected chi connectivity index (χ4v) is 1.39. The molecule has 0 aliphatic carbocycles. The summed E-state index contributed by atoms with van der Waals surface area (Å²) in [6.45, 7) is 1.40. The first kappa shape index (κ1) is 11.2. The van der Waals surface area contributed by atoms with E-state index in [1.165, 1.54) is 7.11 Å². The zero-order valence-corrected chi connectivity index (χ0v) is 8.57. The summed E-state index contributed by atoms with van der Waals surface area (Å²) in [5, 5.41) is 18.0. The van der Waals surface area contributed by atoms with E-state index in [0.717, 1.165) is 5.56 Å². The van der Waals surface area contributed by atoms with E-state index in [1.807, 2.05) is 6.07 Å². The maximum absolute atomic E-state index is 11.3. The van der Waals surface area contributed by atoms with E-state index in [4.69, 9.17) is 10.4 Å². The monoisotopic (exact) mass is 205 g/mol. The van der Waals surface area contributed by atoms with Crippen molar-refractivity contribution in [3.8, 4) is 6.07 Å². The molecule has 1 aromatic carbocycles. The third kappa shape index (κ3) is 1.97. The number of rotatable bonds is 2. The molecule has 0 spiro atoms. The van der Waals surface area contributed by atoms with Crippen molar-refractivity contribution in [1.82, 2.24) is 0 Å². The molecule has 0 aliphatic heterocycles. The molecule has 0 amide bonds. The van der Waals surface area contributed by atoms with Crippen LogP contribution in [0, 0.1) is 18.3 Å². The first-order chi connectivity index (χ1) is 7.15. The van der Waals surface area contributed by atoms with Gasteiger partial charge in [-0.25, -0.2) is 4.79 Å². The van der Waals surface area contributed by atoms with Gasteiger partial charge in [-0.15, -0.1) is 0 Å². The molecule has 0 saturated carbocycles. The van der Waals surface area contributed by atoms with Gasteiger partial charge in [-0.1, -0.05) is 6.07 Å². The molecule has 4 heteroatoms. The first-order valence-corrected chi connectivity index (χ1v) is 4.37. The lowest BCUT2D eigenvalue weighted by atomic mass is 9.98. The van der Waals surface area contributed by atoms with Crippen molar-refractivity contribution in [1.29, 1.82) is 5.26 Å². The summed E-state index contributed by atoms with van der Waals surface area (Å²) in [6, 6.07) is 5.17. The van der Waals surface area contributed by atoms with E-state index in [-0.39, 0.29) is 12.2 Å². The molecule has 0 aliphatic rings. The molecule has 0 fully saturated rings. The molecule has 4 nitrogen and oxygen atoms in total. The van der Waals surface area contributed by atoms with Crippen LogP contribution >= 0.6 is 0 Å². The molecule has 0 radical (unpaired) electrons. The van der Waals surface area contributed by atoms with E-state index in [0.29, 0.717) is 11.1 Å². The normalized spacial score (nSPS) is 9.47. The molecular weight excluding hydrogens is 194 g/mol. The van der Waals surface area contributed by atoms with Gasteiger partial charge in [0, 0.05) is 5.56 Å². The van der Waals surface area contributed by atoms with Gasteiger partial charge in [0.2, 0.25) is 0 Å². The van der Waals surface area contributed by atoms with Crippen molar-refractivity contribution >= 4 is 5.97 Å². The molecule has 15 heavy (non-hydrogen) atoms. The van der Waals surface area contributed by atoms with Crippen molar-refractivity contribution in [3.05, 3.63) is 34.4 Å². The van der Waals surface area contributed by atoms with Crippen molar-refractivity contribution < 1.29 is 14.6 Å². The van der Waals surface area contributed by atoms with Crippen LogP contribution in [0.1, 0.15) is 27.0 Å². The summed E-state index contributed by atoms with van der Waals surface area (Å²) in [6.07, 6.45) is 0. The van der Waals surface area contributed by atoms with Crippen LogP contribution in [0.5, 0.6) is 0 Å². The third-order valence-corrected chi connectivity index (χ3v) is 2.20. The molecule has 0 aromatic heterocycles. The molecule has 0 heterocycles. The summed E-state index contributed by atoms with van der Waals surface area (Å²) in [7, 11) is 1.26. The number of benzene rings is 1.